The maximum atomic E-state index is 11.8. The minimum absolute atomic E-state index is 0.0197. The van der Waals surface area contributed by atoms with E-state index in [1.54, 1.807) is 6.07 Å². The van der Waals surface area contributed by atoms with Crippen LogP contribution in [0, 0.1) is 10.1 Å². The second-order valence-corrected chi connectivity index (χ2v) is 14.1. The van der Waals surface area contributed by atoms with E-state index in [2.05, 4.69) is 167 Å². The molecule has 1 fully saturated rings. The predicted molar refractivity (Wildman–Crippen MR) is 215 cm³/mol. The van der Waals surface area contributed by atoms with Gasteiger partial charge in [-0.25, -0.2) is 0 Å². The summed E-state index contributed by atoms with van der Waals surface area (Å²) in [6.07, 6.45) is 6.34. The number of rotatable bonds is 10. The fourth-order valence-corrected chi connectivity index (χ4v) is 8.30. The molecule has 2 aliphatic rings. The molecule has 0 bridgehead atoms. The van der Waals surface area contributed by atoms with Crippen LogP contribution < -0.4 is 5.32 Å². The van der Waals surface area contributed by atoms with Crippen LogP contribution >= 0.6 is 0 Å². The molecule has 1 aliphatic carbocycles. The third-order valence-corrected chi connectivity index (χ3v) is 10.9. The Morgan fingerprint density at radius 3 is 1.85 bits per heavy atom. The summed E-state index contributed by atoms with van der Waals surface area (Å²) in [5.41, 5.74) is 10.2. The van der Waals surface area contributed by atoms with Crippen LogP contribution in [0.3, 0.4) is 0 Å². The number of nitrogens with one attached hydrogen (secondary N) is 1. The Labute approximate surface area is 312 Å². The molecule has 1 aliphatic heterocycles. The number of fused-ring (bicyclic) bond motifs is 2. The second kappa shape index (κ2) is 15.4. The van der Waals surface area contributed by atoms with Gasteiger partial charge in [0.2, 0.25) is 0 Å². The third-order valence-electron chi connectivity index (χ3n) is 10.9. The van der Waals surface area contributed by atoms with Crippen molar-refractivity contribution in [2.45, 2.75) is 24.4 Å². The first-order chi connectivity index (χ1) is 26.1. The quantitative estimate of drug-likeness (QED) is 0.0879. The second-order valence-electron chi connectivity index (χ2n) is 14.1. The maximum Gasteiger partial charge on any atom is 0.269 e. The van der Waals surface area contributed by atoms with Crippen molar-refractivity contribution in [3.05, 3.63) is 218 Å². The fraction of sp³-hybridized carbons (Fsp3) is 0.191. The van der Waals surface area contributed by atoms with Crippen LogP contribution in [0.15, 0.2) is 164 Å². The highest BCUT2D eigenvalue weighted by Gasteiger charge is 2.36. The molecule has 1 N–H and O–H groups in total. The molecule has 1 atom stereocenters. The van der Waals surface area contributed by atoms with Gasteiger partial charge in [-0.1, -0.05) is 146 Å². The van der Waals surface area contributed by atoms with Crippen LogP contribution in [-0.4, -0.2) is 47.4 Å². The number of nitrogens with zero attached hydrogens (tertiary/aromatic N) is 3. The van der Waals surface area contributed by atoms with Crippen molar-refractivity contribution in [2.75, 3.05) is 38.0 Å². The fourth-order valence-electron chi connectivity index (χ4n) is 8.30. The Morgan fingerprint density at radius 2 is 1.23 bits per heavy atom. The van der Waals surface area contributed by atoms with Gasteiger partial charge >= 0.3 is 0 Å². The lowest BCUT2D eigenvalue weighted by Crippen LogP contribution is -2.47. The molecule has 0 amide bonds. The number of hydrogen-bond acceptors (Lipinski definition) is 5. The Hall–Kier alpha value is -5.82. The van der Waals surface area contributed by atoms with Crippen LogP contribution in [0.4, 0.5) is 11.4 Å². The zero-order chi connectivity index (χ0) is 36.0. The maximum absolute atomic E-state index is 11.8. The normalized spacial score (nSPS) is 16.4. The summed E-state index contributed by atoms with van der Waals surface area (Å²) in [6, 6.07) is 54.9. The van der Waals surface area contributed by atoms with Gasteiger partial charge in [0.15, 0.2) is 0 Å². The zero-order valence-electron chi connectivity index (χ0n) is 29.9. The van der Waals surface area contributed by atoms with Crippen LogP contribution in [0.5, 0.6) is 0 Å². The van der Waals surface area contributed by atoms with Crippen molar-refractivity contribution in [1.29, 1.82) is 0 Å². The average Bonchev–Trinajstić information content (AvgIpc) is 3.38. The smallest absolute Gasteiger partial charge is 0.269 e. The largest absolute Gasteiger partial charge is 0.368 e. The van der Waals surface area contributed by atoms with Crippen molar-refractivity contribution >= 4 is 17.5 Å². The average molecular weight is 697 g/mol. The van der Waals surface area contributed by atoms with E-state index in [0.29, 0.717) is 0 Å². The van der Waals surface area contributed by atoms with E-state index in [1.807, 2.05) is 12.1 Å². The molecule has 0 radical (unpaired) electrons. The van der Waals surface area contributed by atoms with E-state index in [-0.39, 0.29) is 16.7 Å². The lowest BCUT2D eigenvalue weighted by molar-refractivity contribution is -0.385. The molecule has 1 unspecified atom stereocenters. The van der Waals surface area contributed by atoms with Crippen LogP contribution in [0.2, 0.25) is 0 Å². The molecule has 1 saturated heterocycles. The molecular formula is C47H44N4O2. The number of piperazine rings is 1. The molecule has 1 heterocycles. The Bertz CT molecular complexity index is 2100. The molecule has 8 rings (SSSR count). The van der Waals surface area contributed by atoms with Gasteiger partial charge < -0.3 is 5.32 Å². The van der Waals surface area contributed by atoms with E-state index >= 15 is 0 Å². The molecule has 0 spiro atoms. The highest BCUT2D eigenvalue weighted by molar-refractivity contribution is 5.64. The highest BCUT2D eigenvalue weighted by Crippen LogP contribution is 2.41. The van der Waals surface area contributed by atoms with Crippen LogP contribution in [0.1, 0.15) is 50.5 Å². The van der Waals surface area contributed by atoms with Gasteiger partial charge in [0, 0.05) is 50.5 Å². The van der Waals surface area contributed by atoms with Crippen molar-refractivity contribution in [2.24, 2.45) is 0 Å². The van der Waals surface area contributed by atoms with Gasteiger partial charge in [0.05, 0.1) is 11.0 Å². The van der Waals surface area contributed by atoms with Gasteiger partial charge in [-0.2, -0.15) is 0 Å². The summed E-state index contributed by atoms with van der Waals surface area (Å²) in [5, 5.41) is 15.8. The lowest BCUT2D eigenvalue weighted by atomic mass is 9.76. The SMILES string of the molecule is O=[N+]([O-])c1ccc2c(c1)C(N1CCN(CC=Cc3cccc(NC(c4ccccc4)(c4ccccc4)c4ccccc4)c3)CC1)c1ccccc1CC2. The zero-order valence-corrected chi connectivity index (χ0v) is 29.9. The lowest BCUT2D eigenvalue weighted by Gasteiger charge is -2.40. The number of nitro benzene ring substituents is 1. The minimum atomic E-state index is -0.588. The van der Waals surface area contributed by atoms with Crippen LogP contribution in [0.25, 0.3) is 6.08 Å². The molecule has 6 heteroatoms. The Balaban J connectivity index is 0.993. The standard InChI is InChI=1S/C47H44N4O2/c52-51(53)43-28-27-38-26-25-37-16-10-11-24-44(37)46(45(38)35-43)50-32-30-49(31-33-50)29-13-15-36-14-12-23-42(34-36)48-47(39-17-4-1-5-18-39,40-19-6-2-7-20-40)41-21-8-3-9-22-41/h1-24,27-28,34-35,46,48H,25-26,29-33H2. The van der Waals surface area contributed by atoms with Crippen molar-refractivity contribution in [1.82, 2.24) is 9.80 Å². The van der Waals surface area contributed by atoms with Gasteiger partial charge in [-0.15, -0.1) is 0 Å². The number of hydrogen-bond donors (Lipinski definition) is 1. The molecule has 0 saturated carbocycles. The third kappa shape index (κ3) is 7.16. The summed E-state index contributed by atoms with van der Waals surface area (Å²) in [6.45, 7) is 4.52. The van der Waals surface area contributed by atoms with E-state index in [1.165, 1.54) is 33.4 Å². The van der Waals surface area contributed by atoms with Gasteiger partial charge in [0.25, 0.3) is 5.69 Å². The number of non-ortho nitro benzene ring substituents is 1. The van der Waals surface area contributed by atoms with Crippen LogP contribution in [-0.2, 0) is 18.4 Å². The van der Waals surface area contributed by atoms with Gasteiger partial charge in [0.1, 0.15) is 5.54 Å². The van der Waals surface area contributed by atoms with E-state index < -0.39 is 5.54 Å². The predicted octanol–water partition coefficient (Wildman–Crippen LogP) is 9.52. The molecular weight excluding hydrogens is 653 g/mol. The minimum Gasteiger partial charge on any atom is -0.368 e. The molecule has 0 aromatic heterocycles. The molecule has 6 nitrogen and oxygen atoms in total. The summed E-state index contributed by atoms with van der Waals surface area (Å²) >= 11 is 0. The summed E-state index contributed by atoms with van der Waals surface area (Å²) in [7, 11) is 0. The summed E-state index contributed by atoms with van der Waals surface area (Å²) < 4.78 is 0. The van der Waals surface area contributed by atoms with E-state index in [9.17, 15) is 10.1 Å². The summed E-state index contributed by atoms with van der Waals surface area (Å²) in [5.74, 6) is 0. The Morgan fingerprint density at radius 1 is 0.642 bits per heavy atom. The van der Waals surface area contributed by atoms with Crippen molar-refractivity contribution in [3.8, 4) is 0 Å². The topological polar surface area (TPSA) is 61.7 Å². The molecule has 6 aromatic rings. The Kier molecular flexibility index (Phi) is 9.97. The molecule has 53 heavy (non-hydrogen) atoms. The number of anilines is 1. The van der Waals surface area contributed by atoms with E-state index in [4.69, 9.17) is 0 Å². The van der Waals surface area contributed by atoms with Crippen molar-refractivity contribution in [3.63, 3.8) is 0 Å². The number of nitro groups is 1. The molecule has 6 aromatic carbocycles. The number of aryl methyl sites for hydroxylation is 2. The first-order valence-corrected chi connectivity index (χ1v) is 18.6. The van der Waals surface area contributed by atoms with Gasteiger partial charge in [-0.3, -0.25) is 19.9 Å². The number of benzene rings is 6. The van der Waals surface area contributed by atoms with Gasteiger partial charge in [-0.05, 0) is 69.5 Å². The van der Waals surface area contributed by atoms with Crippen molar-refractivity contribution < 1.29 is 4.92 Å². The first kappa shape index (κ1) is 34.3. The molecule has 264 valence electrons. The summed E-state index contributed by atoms with van der Waals surface area (Å²) in [4.78, 5) is 16.5. The monoisotopic (exact) mass is 696 g/mol. The van der Waals surface area contributed by atoms with E-state index in [0.717, 1.165) is 62.4 Å². The highest BCUT2D eigenvalue weighted by atomic mass is 16.6. The first-order valence-electron chi connectivity index (χ1n) is 18.6.